The van der Waals surface area contributed by atoms with Crippen LogP contribution in [0.2, 0.25) is 5.02 Å². The predicted molar refractivity (Wildman–Crippen MR) is 105 cm³/mol. The molecule has 0 radical (unpaired) electrons. The van der Waals surface area contributed by atoms with E-state index in [-0.39, 0.29) is 11.8 Å². The second kappa shape index (κ2) is 10.7. The number of benzene rings is 2. The Morgan fingerprint density at radius 2 is 1.96 bits per heavy atom. The number of hydrogen-bond donors (Lipinski definition) is 1. The van der Waals surface area contributed by atoms with E-state index in [1.54, 1.807) is 35.2 Å². The number of amides is 2. The summed E-state index contributed by atoms with van der Waals surface area (Å²) in [5, 5.41) is 3.22. The Morgan fingerprint density at radius 3 is 2.67 bits per heavy atom. The van der Waals surface area contributed by atoms with Crippen LogP contribution in [0.3, 0.4) is 0 Å². The molecule has 0 bridgehead atoms. The maximum atomic E-state index is 13.4. The number of halogens is 2. The zero-order valence-electron chi connectivity index (χ0n) is 15.5. The van der Waals surface area contributed by atoms with Crippen molar-refractivity contribution in [1.82, 2.24) is 4.90 Å². The smallest absolute Gasteiger partial charge is 0.322 e. The molecule has 5 nitrogen and oxygen atoms in total. The quantitative estimate of drug-likeness (QED) is 0.612. The number of nitrogens with zero attached hydrogens (tertiary/aromatic N) is 1. The van der Waals surface area contributed by atoms with Crippen LogP contribution in [0.15, 0.2) is 42.5 Å². The zero-order valence-corrected chi connectivity index (χ0v) is 16.3. The zero-order chi connectivity index (χ0) is 19.6. The van der Waals surface area contributed by atoms with Gasteiger partial charge in [0.15, 0.2) is 5.75 Å². The fraction of sp³-hybridized carbons (Fsp3) is 0.350. The lowest BCUT2D eigenvalue weighted by Gasteiger charge is -2.22. The van der Waals surface area contributed by atoms with Crippen LogP contribution < -0.4 is 10.1 Å². The average molecular weight is 395 g/mol. The van der Waals surface area contributed by atoms with Gasteiger partial charge >= 0.3 is 6.03 Å². The first-order valence-corrected chi connectivity index (χ1v) is 9.22. The summed E-state index contributed by atoms with van der Waals surface area (Å²) < 4.78 is 24.3. The summed E-state index contributed by atoms with van der Waals surface area (Å²) in [4.78, 5) is 14.2. The average Bonchev–Trinajstić information content (AvgIpc) is 2.65. The Hall–Kier alpha value is -2.31. The highest BCUT2D eigenvalue weighted by Crippen LogP contribution is 2.33. The van der Waals surface area contributed by atoms with Crippen LogP contribution in [-0.2, 0) is 11.3 Å². The molecule has 0 aliphatic heterocycles. The van der Waals surface area contributed by atoms with Crippen molar-refractivity contribution in [3.63, 3.8) is 0 Å². The second-order valence-corrected chi connectivity index (χ2v) is 6.14. The molecule has 27 heavy (non-hydrogen) atoms. The van der Waals surface area contributed by atoms with Crippen molar-refractivity contribution in [2.24, 2.45) is 0 Å². The molecule has 1 N–H and O–H groups in total. The van der Waals surface area contributed by atoms with E-state index in [1.807, 2.05) is 13.8 Å². The van der Waals surface area contributed by atoms with Gasteiger partial charge in [-0.25, -0.2) is 9.18 Å². The molecule has 0 heterocycles. The Balaban J connectivity index is 2.07. The van der Waals surface area contributed by atoms with Crippen LogP contribution in [-0.4, -0.2) is 37.3 Å². The van der Waals surface area contributed by atoms with E-state index in [2.05, 4.69) is 5.32 Å². The molecule has 2 aromatic rings. The highest BCUT2D eigenvalue weighted by molar-refractivity contribution is 6.32. The topological polar surface area (TPSA) is 50.8 Å². The number of hydrogen-bond acceptors (Lipinski definition) is 3. The molecule has 0 aromatic heterocycles. The minimum Gasteiger partial charge on any atom is -0.487 e. The van der Waals surface area contributed by atoms with Gasteiger partial charge < -0.3 is 19.7 Å². The number of carbonyl (C=O) groups excluding carboxylic acids is 1. The van der Waals surface area contributed by atoms with Gasteiger partial charge in [0.2, 0.25) is 0 Å². The van der Waals surface area contributed by atoms with Gasteiger partial charge in [0, 0.05) is 19.7 Å². The third kappa shape index (κ3) is 6.41. The van der Waals surface area contributed by atoms with Crippen LogP contribution in [0.5, 0.6) is 5.75 Å². The van der Waals surface area contributed by atoms with Crippen molar-refractivity contribution in [3.8, 4) is 5.75 Å². The molecule has 2 aromatic carbocycles. The van der Waals surface area contributed by atoms with E-state index in [1.165, 1.54) is 12.1 Å². The molecule has 146 valence electrons. The second-order valence-electron chi connectivity index (χ2n) is 5.74. The predicted octanol–water partition coefficient (Wildman–Crippen LogP) is 4.95. The largest absolute Gasteiger partial charge is 0.487 e. The maximum Gasteiger partial charge on any atom is 0.322 e. The van der Waals surface area contributed by atoms with Crippen molar-refractivity contribution < 1.29 is 18.7 Å². The Labute approximate surface area is 164 Å². The van der Waals surface area contributed by atoms with E-state index < -0.39 is 0 Å². The SMILES string of the molecule is CCOCCOc1c(Cl)cccc1NC(=O)N(CC)Cc1cccc(F)c1. The van der Waals surface area contributed by atoms with Gasteiger partial charge in [-0.2, -0.15) is 0 Å². The lowest BCUT2D eigenvalue weighted by Crippen LogP contribution is -2.34. The minimum absolute atomic E-state index is 0.293. The maximum absolute atomic E-state index is 13.4. The fourth-order valence-electron chi connectivity index (χ4n) is 2.48. The number of carbonyl (C=O) groups is 1. The molecule has 0 aliphatic rings. The highest BCUT2D eigenvalue weighted by atomic mass is 35.5. The van der Waals surface area contributed by atoms with Crippen LogP contribution >= 0.6 is 11.6 Å². The van der Waals surface area contributed by atoms with E-state index in [4.69, 9.17) is 21.1 Å². The van der Waals surface area contributed by atoms with Gasteiger partial charge in [0.05, 0.1) is 17.3 Å². The summed E-state index contributed by atoms with van der Waals surface area (Å²) in [6.45, 7) is 5.86. The fourth-order valence-corrected chi connectivity index (χ4v) is 2.71. The van der Waals surface area contributed by atoms with Crippen LogP contribution in [0.25, 0.3) is 0 Å². The third-order valence-electron chi connectivity index (χ3n) is 3.82. The van der Waals surface area contributed by atoms with Crippen molar-refractivity contribution in [2.45, 2.75) is 20.4 Å². The molecule has 0 atom stereocenters. The molecule has 7 heteroatoms. The Bertz CT molecular complexity index is 758. The molecule has 2 rings (SSSR count). The van der Waals surface area contributed by atoms with Crippen LogP contribution in [0.4, 0.5) is 14.9 Å². The number of ether oxygens (including phenoxy) is 2. The number of nitrogens with one attached hydrogen (secondary N) is 1. The van der Waals surface area contributed by atoms with Crippen molar-refractivity contribution >= 4 is 23.3 Å². The van der Waals surface area contributed by atoms with Gasteiger partial charge in [0.1, 0.15) is 12.4 Å². The number of para-hydroxylation sites is 1. The Kier molecular flexibility index (Phi) is 8.36. The molecule has 2 amide bonds. The van der Waals surface area contributed by atoms with Gasteiger partial charge in [0.25, 0.3) is 0 Å². The molecular weight excluding hydrogens is 371 g/mol. The van der Waals surface area contributed by atoms with Crippen molar-refractivity contribution in [1.29, 1.82) is 0 Å². The number of urea groups is 1. The van der Waals surface area contributed by atoms with Gasteiger partial charge in [-0.05, 0) is 43.7 Å². The third-order valence-corrected chi connectivity index (χ3v) is 4.12. The molecule has 0 saturated carbocycles. The summed E-state index contributed by atoms with van der Waals surface area (Å²) in [6.07, 6.45) is 0. The molecular formula is C20H24ClFN2O3. The van der Waals surface area contributed by atoms with E-state index >= 15 is 0 Å². The Morgan fingerprint density at radius 1 is 1.19 bits per heavy atom. The number of anilines is 1. The van der Waals surface area contributed by atoms with E-state index in [0.717, 1.165) is 0 Å². The van der Waals surface area contributed by atoms with Crippen molar-refractivity contribution in [3.05, 3.63) is 58.9 Å². The van der Waals surface area contributed by atoms with Gasteiger partial charge in [-0.15, -0.1) is 0 Å². The van der Waals surface area contributed by atoms with Crippen molar-refractivity contribution in [2.75, 3.05) is 31.7 Å². The highest BCUT2D eigenvalue weighted by Gasteiger charge is 2.16. The lowest BCUT2D eigenvalue weighted by atomic mass is 10.2. The van der Waals surface area contributed by atoms with Crippen LogP contribution in [0.1, 0.15) is 19.4 Å². The summed E-state index contributed by atoms with van der Waals surface area (Å²) >= 11 is 6.21. The lowest BCUT2D eigenvalue weighted by molar-refractivity contribution is 0.110. The molecule has 0 saturated heterocycles. The van der Waals surface area contributed by atoms with E-state index in [9.17, 15) is 9.18 Å². The molecule has 0 fully saturated rings. The summed E-state index contributed by atoms with van der Waals surface area (Å²) in [5.74, 6) is 0.0674. The normalized spacial score (nSPS) is 10.5. The molecule has 0 spiro atoms. The van der Waals surface area contributed by atoms with Crippen LogP contribution in [0, 0.1) is 5.82 Å². The van der Waals surface area contributed by atoms with E-state index in [0.29, 0.717) is 54.9 Å². The first-order chi connectivity index (χ1) is 13.0. The first kappa shape index (κ1) is 21.0. The molecule has 0 aliphatic carbocycles. The standard InChI is InChI=1S/C20H24ClFN2O3/c1-3-24(14-15-7-5-8-16(22)13-15)20(25)23-18-10-6-9-17(21)19(18)27-12-11-26-4-2/h5-10,13H,3-4,11-12,14H2,1-2H3,(H,23,25). The van der Waals surface area contributed by atoms with Gasteiger partial charge in [-0.1, -0.05) is 29.8 Å². The summed E-state index contributed by atoms with van der Waals surface area (Å²) in [6, 6.07) is 11.0. The van der Waals surface area contributed by atoms with Gasteiger partial charge in [-0.3, -0.25) is 0 Å². The summed E-state index contributed by atoms with van der Waals surface area (Å²) in [5.41, 5.74) is 1.19. The number of rotatable bonds is 9. The minimum atomic E-state index is -0.330. The molecule has 0 unspecified atom stereocenters. The summed E-state index contributed by atoms with van der Waals surface area (Å²) in [7, 11) is 0. The monoisotopic (exact) mass is 394 g/mol. The first-order valence-electron chi connectivity index (χ1n) is 8.84.